The van der Waals surface area contributed by atoms with Crippen molar-refractivity contribution in [3.63, 3.8) is 0 Å². The predicted octanol–water partition coefficient (Wildman–Crippen LogP) is -0.720. The monoisotopic (exact) mass is 1020 g/mol. The zero-order chi connectivity index (χ0) is 17.4. The standard InChI is InChI=1S/C16H18O8.3Ac/c1-7-4-12(18)23-10-3-2-8(5-9(7)10)22-16-15(21)14(20)13(19)11(6-17)24-16;;;/h2-5,11,13-17,19-21H,6H2,1H3;;;/t11?,13-,14+,15?,16-;;;/m1.../s1. The van der Waals surface area contributed by atoms with Crippen LogP contribution < -0.4 is 10.4 Å². The molecule has 1 aromatic heterocycles. The van der Waals surface area contributed by atoms with Crippen LogP contribution in [0, 0.1) is 139 Å². The van der Waals surface area contributed by atoms with Crippen LogP contribution in [0.4, 0.5) is 0 Å². The number of ether oxygens (including phenoxy) is 2. The van der Waals surface area contributed by atoms with E-state index >= 15 is 0 Å². The molecule has 27 heavy (non-hydrogen) atoms. The van der Waals surface area contributed by atoms with E-state index in [1.54, 1.807) is 19.1 Å². The number of rotatable bonds is 3. The number of aryl methyl sites for hydroxylation is 1. The maximum atomic E-state index is 11.4. The first-order valence-corrected chi connectivity index (χ1v) is 7.42. The molecule has 5 atom stereocenters. The summed E-state index contributed by atoms with van der Waals surface area (Å²) < 4.78 is 15.9. The number of hydrogen-bond acceptors (Lipinski definition) is 8. The van der Waals surface area contributed by atoms with Crippen LogP contribution in [0.15, 0.2) is 33.5 Å². The van der Waals surface area contributed by atoms with Crippen molar-refractivity contribution < 1.29 is 167 Å². The van der Waals surface area contributed by atoms with Crippen molar-refractivity contribution >= 4 is 11.0 Å². The van der Waals surface area contributed by atoms with Crippen molar-refractivity contribution in [1.82, 2.24) is 0 Å². The molecule has 0 bridgehead atoms. The van der Waals surface area contributed by atoms with Gasteiger partial charge in [0.1, 0.15) is 35.7 Å². The second-order valence-corrected chi connectivity index (χ2v) is 5.72. The SMILES string of the molecule is Cc1cc(=O)oc2ccc(O[C@@H]3OC(CO)[C@@H](O)[C@H](O)C3O)cc12.[Ac].[Ac].[Ac]. The van der Waals surface area contributed by atoms with E-state index in [4.69, 9.17) is 13.9 Å². The van der Waals surface area contributed by atoms with Crippen molar-refractivity contribution in [2.24, 2.45) is 0 Å². The van der Waals surface area contributed by atoms with Gasteiger partial charge in [0.05, 0.1) is 6.61 Å². The van der Waals surface area contributed by atoms with Crippen LogP contribution in [0.5, 0.6) is 5.75 Å². The number of aliphatic hydroxyl groups is 4. The third kappa shape index (κ3) is 6.92. The summed E-state index contributed by atoms with van der Waals surface area (Å²) in [6, 6.07) is 6.02. The Labute approximate surface area is 262 Å². The van der Waals surface area contributed by atoms with Crippen LogP contribution >= 0.6 is 0 Å². The van der Waals surface area contributed by atoms with E-state index in [1.807, 2.05) is 0 Å². The third-order valence-electron chi connectivity index (χ3n) is 4.02. The molecule has 0 aliphatic carbocycles. The largest absolute Gasteiger partial charge is 0.462 e. The van der Waals surface area contributed by atoms with Gasteiger partial charge in [-0.05, 0) is 30.7 Å². The quantitative estimate of drug-likeness (QED) is 0.297. The molecule has 8 nitrogen and oxygen atoms in total. The molecular weight excluding hydrogens is 1000 g/mol. The summed E-state index contributed by atoms with van der Waals surface area (Å²) in [6.45, 7) is 1.21. The Hall–Kier alpha value is 2.35. The van der Waals surface area contributed by atoms with Gasteiger partial charge in [-0.25, -0.2) is 4.79 Å². The van der Waals surface area contributed by atoms with Gasteiger partial charge in [-0.1, -0.05) is 0 Å². The topological polar surface area (TPSA) is 130 Å². The molecule has 2 unspecified atom stereocenters. The molecule has 1 aromatic carbocycles. The number of aliphatic hydroxyl groups excluding tert-OH is 4. The number of fused-ring (bicyclic) bond motifs is 1. The predicted molar refractivity (Wildman–Crippen MR) is 81.6 cm³/mol. The fourth-order valence-corrected chi connectivity index (χ4v) is 2.67. The Kier molecular flexibility index (Phi) is 14.2. The Morgan fingerprint density at radius 2 is 1.70 bits per heavy atom. The molecule has 1 aliphatic heterocycles. The summed E-state index contributed by atoms with van der Waals surface area (Å²) >= 11 is 0. The summed E-state index contributed by atoms with van der Waals surface area (Å²) in [5.74, 6) is 0.309. The molecular formula is C16H18Ac3O8. The summed E-state index contributed by atoms with van der Waals surface area (Å²) in [5, 5.41) is 39.3. The molecule has 1 saturated heterocycles. The minimum absolute atomic E-state index is 0. The van der Waals surface area contributed by atoms with Crippen LogP contribution in [0.25, 0.3) is 11.0 Å². The maximum absolute atomic E-state index is 11.4. The number of benzene rings is 1. The first-order valence-electron chi connectivity index (χ1n) is 7.42. The maximum Gasteiger partial charge on any atom is 0.336 e. The van der Waals surface area contributed by atoms with Gasteiger partial charge in [-0.15, -0.1) is 0 Å². The Morgan fingerprint density at radius 1 is 1.04 bits per heavy atom. The van der Waals surface area contributed by atoms with Gasteiger partial charge in [0.15, 0.2) is 0 Å². The molecule has 11 heteroatoms. The van der Waals surface area contributed by atoms with Crippen LogP contribution in [-0.4, -0.2) is 57.7 Å². The van der Waals surface area contributed by atoms with Crippen molar-refractivity contribution in [2.45, 2.75) is 37.6 Å². The molecule has 139 valence electrons. The van der Waals surface area contributed by atoms with Crippen molar-refractivity contribution in [3.05, 3.63) is 40.2 Å². The van der Waals surface area contributed by atoms with E-state index < -0.39 is 42.9 Å². The summed E-state index contributed by atoms with van der Waals surface area (Å²) in [6.07, 6.45) is -6.77. The Balaban J connectivity index is 0.00000225. The van der Waals surface area contributed by atoms with E-state index in [-0.39, 0.29) is 132 Å². The minimum atomic E-state index is -1.51. The number of hydrogen-bond donors (Lipinski definition) is 4. The molecule has 3 rings (SSSR count). The average molecular weight is 1020 g/mol. The van der Waals surface area contributed by atoms with E-state index in [9.17, 15) is 25.2 Å². The summed E-state index contributed by atoms with van der Waals surface area (Å²) in [7, 11) is 0. The zero-order valence-electron chi connectivity index (χ0n) is 14.6. The molecule has 0 saturated carbocycles. The molecule has 3 radical (unpaired) electrons. The summed E-state index contributed by atoms with van der Waals surface area (Å²) in [4.78, 5) is 11.4. The van der Waals surface area contributed by atoms with Gasteiger partial charge >= 0.3 is 5.63 Å². The van der Waals surface area contributed by atoms with Crippen molar-refractivity contribution in [3.8, 4) is 5.75 Å². The Morgan fingerprint density at radius 3 is 2.33 bits per heavy atom. The van der Waals surface area contributed by atoms with Gasteiger partial charge in [0, 0.05) is 144 Å². The van der Waals surface area contributed by atoms with Crippen LogP contribution in [0.3, 0.4) is 0 Å². The first-order chi connectivity index (χ1) is 11.4. The molecule has 0 spiro atoms. The van der Waals surface area contributed by atoms with Crippen LogP contribution in [0.1, 0.15) is 5.56 Å². The minimum Gasteiger partial charge on any atom is -0.462 e. The summed E-state index contributed by atoms with van der Waals surface area (Å²) in [5.41, 5.74) is 0.629. The third-order valence-corrected chi connectivity index (χ3v) is 4.02. The van der Waals surface area contributed by atoms with E-state index in [0.717, 1.165) is 0 Å². The average Bonchev–Trinajstić information content (AvgIpc) is 2.55. The molecule has 2 aromatic rings. The van der Waals surface area contributed by atoms with E-state index in [2.05, 4.69) is 0 Å². The van der Waals surface area contributed by atoms with Gasteiger partial charge < -0.3 is 34.3 Å². The molecule has 0 amide bonds. The fraction of sp³-hybridized carbons (Fsp3) is 0.438. The van der Waals surface area contributed by atoms with Crippen LogP contribution in [-0.2, 0) is 4.74 Å². The second kappa shape index (κ2) is 13.0. The smallest absolute Gasteiger partial charge is 0.336 e. The van der Waals surface area contributed by atoms with Gasteiger partial charge in [-0.3, -0.25) is 0 Å². The van der Waals surface area contributed by atoms with Crippen molar-refractivity contribution in [1.29, 1.82) is 0 Å². The molecule has 4 N–H and O–H groups in total. The second-order valence-electron chi connectivity index (χ2n) is 5.72. The molecule has 2 heterocycles. The van der Waals surface area contributed by atoms with Crippen LogP contribution in [0.2, 0.25) is 0 Å². The normalized spacial score (nSPS) is 27.1. The Bertz CT molecular complexity index is 797. The van der Waals surface area contributed by atoms with Crippen molar-refractivity contribution in [2.75, 3.05) is 6.61 Å². The van der Waals surface area contributed by atoms with Gasteiger partial charge in [-0.2, -0.15) is 0 Å². The molecule has 1 fully saturated rings. The zero-order valence-corrected chi connectivity index (χ0v) is 28.8. The van der Waals surface area contributed by atoms with E-state index in [0.29, 0.717) is 22.3 Å². The van der Waals surface area contributed by atoms with Gasteiger partial charge in [0.2, 0.25) is 6.29 Å². The van der Waals surface area contributed by atoms with E-state index in [1.165, 1.54) is 12.1 Å². The first kappa shape index (κ1) is 29.4. The fourth-order valence-electron chi connectivity index (χ4n) is 2.67. The molecule has 1 aliphatic rings. The van der Waals surface area contributed by atoms with Gasteiger partial charge in [0.25, 0.3) is 0 Å².